The quantitative estimate of drug-likeness (QED) is 0.332. The highest BCUT2D eigenvalue weighted by Gasteiger charge is 2.29. The van der Waals surface area contributed by atoms with E-state index in [4.69, 9.17) is 0 Å². The summed E-state index contributed by atoms with van der Waals surface area (Å²) in [6, 6.07) is 22.6. The van der Waals surface area contributed by atoms with Crippen molar-refractivity contribution in [3.05, 3.63) is 109 Å². The average molecular weight is 541 g/mol. The van der Waals surface area contributed by atoms with E-state index in [9.17, 15) is 26.0 Å². The monoisotopic (exact) mass is 540 g/mol. The van der Waals surface area contributed by atoms with Gasteiger partial charge in [0.25, 0.3) is 20.0 Å². The average Bonchev–Trinajstić information content (AvgIpc) is 2.89. The number of amides is 1. The molecule has 4 rings (SSSR count). The third-order valence-electron chi connectivity index (χ3n) is 5.09. The summed E-state index contributed by atoms with van der Waals surface area (Å²) in [6.07, 6.45) is 1.44. The first-order valence-corrected chi connectivity index (χ1v) is 13.8. The summed E-state index contributed by atoms with van der Waals surface area (Å²) in [7, 11) is -8.20. The van der Waals surface area contributed by atoms with Crippen molar-refractivity contribution >= 4 is 43.1 Å². The number of aromatic nitrogens is 1. The summed E-state index contributed by atoms with van der Waals surface area (Å²) < 4.78 is 69.3. The molecule has 1 aromatic heterocycles. The van der Waals surface area contributed by atoms with Gasteiger partial charge in [0, 0.05) is 11.9 Å². The van der Waals surface area contributed by atoms with Crippen LogP contribution in [0.4, 0.5) is 21.6 Å². The smallest absolute Gasteiger partial charge is 0.264 e. The Kier molecular flexibility index (Phi) is 7.50. The van der Waals surface area contributed by atoms with Gasteiger partial charge in [-0.25, -0.2) is 26.2 Å². The number of sulfonamides is 2. The zero-order chi connectivity index (χ0) is 26.5. The van der Waals surface area contributed by atoms with Gasteiger partial charge in [0.05, 0.1) is 15.5 Å². The third-order valence-corrected chi connectivity index (χ3v) is 8.24. The highest BCUT2D eigenvalue weighted by molar-refractivity contribution is 7.93. The number of nitrogens with zero attached hydrogens (tertiary/aromatic N) is 2. The van der Waals surface area contributed by atoms with Crippen molar-refractivity contribution in [2.24, 2.45) is 0 Å². The molecular formula is C25H21FN4O5S2. The Balaban J connectivity index is 1.53. The van der Waals surface area contributed by atoms with Gasteiger partial charge in [0.15, 0.2) is 0 Å². The molecule has 0 aliphatic carbocycles. The van der Waals surface area contributed by atoms with Crippen LogP contribution in [0, 0.1) is 5.82 Å². The van der Waals surface area contributed by atoms with Crippen molar-refractivity contribution in [1.82, 2.24) is 4.98 Å². The highest BCUT2D eigenvalue weighted by Crippen LogP contribution is 2.26. The second-order valence-electron chi connectivity index (χ2n) is 7.67. The van der Waals surface area contributed by atoms with Gasteiger partial charge >= 0.3 is 0 Å². The Morgan fingerprint density at radius 1 is 0.784 bits per heavy atom. The molecule has 0 radical (unpaired) electrons. The molecule has 0 aliphatic rings. The van der Waals surface area contributed by atoms with E-state index in [-0.39, 0.29) is 27.0 Å². The molecule has 0 spiro atoms. The molecule has 1 amide bonds. The van der Waals surface area contributed by atoms with Crippen molar-refractivity contribution in [2.75, 3.05) is 20.9 Å². The number of pyridine rings is 1. The molecule has 2 N–H and O–H groups in total. The minimum Gasteiger partial charge on any atom is -0.325 e. The minimum absolute atomic E-state index is 0.0733. The van der Waals surface area contributed by atoms with E-state index >= 15 is 0 Å². The Morgan fingerprint density at radius 2 is 1.43 bits per heavy atom. The first-order valence-electron chi connectivity index (χ1n) is 10.8. The van der Waals surface area contributed by atoms with E-state index in [2.05, 4.69) is 15.0 Å². The van der Waals surface area contributed by atoms with E-state index in [1.807, 2.05) is 0 Å². The van der Waals surface area contributed by atoms with Gasteiger partial charge in [-0.2, -0.15) is 0 Å². The summed E-state index contributed by atoms with van der Waals surface area (Å²) in [5.74, 6) is -1.43. The molecule has 0 fully saturated rings. The number of hydrogen-bond acceptors (Lipinski definition) is 6. The molecule has 0 aliphatic heterocycles. The van der Waals surface area contributed by atoms with Crippen LogP contribution >= 0.6 is 0 Å². The number of carbonyl (C=O) groups excluding carboxylic acids is 1. The van der Waals surface area contributed by atoms with Crippen LogP contribution in [0.2, 0.25) is 0 Å². The zero-order valence-corrected chi connectivity index (χ0v) is 20.8. The second kappa shape index (κ2) is 10.8. The van der Waals surface area contributed by atoms with Gasteiger partial charge in [0.1, 0.15) is 18.2 Å². The summed E-state index contributed by atoms with van der Waals surface area (Å²) in [5.41, 5.74) is -0.0732. The molecule has 12 heteroatoms. The summed E-state index contributed by atoms with van der Waals surface area (Å²) >= 11 is 0. The van der Waals surface area contributed by atoms with Gasteiger partial charge in [-0.15, -0.1) is 0 Å². The topological polar surface area (TPSA) is 126 Å². The van der Waals surface area contributed by atoms with Gasteiger partial charge in [0.2, 0.25) is 5.91 Å². The van der Waals surface area contributed by atoms with Gasteiger partial charge in [-0.3, -0.25) is 13.8 Å². The maximum absolute atomic E-state index is 14.6. The number of nitrogens with one attached hydrogen (secondary N) is 2. The Hall–Kier alpha value is -4.29. The number of benzene rings is 3. The maximum atomic E-state index is 14.6. The zero-order valence-electron chi connectivity index (χ0n) is 19.2. The standard InChI is InChI=1S/C25H21FN4O5S2/c26-22-10-4-5-11-23(22)30(37(34,35)21-8-2-1-3-9-21)18-25(31)28-19-13-15-20(16-14-19)36(32,33)29-24-12-6-7-17-27-24/h1-17H,18H2,(H,27,29)(H,28,31). The molecule has 4 aromatic rings. The Bertz CT molecular complexity index is 1600. The lowest BCUT2D eigenvalue weighted by Crippen LogP contribution is -2.38. The Labute approximate surface area is 213 Å². The predicted molar refractivity (Wildman–Crippen MR) is 137 cm³/mol. The lowest BCUT2D eigenvalue weighted by Gasteiger charge is -2.24. The lowest BCUT2D eigenvalue weighted by molar-refractivity contribution is -0.114. The largest absolute Gasteiger partial charge is 0.325 e. The molecule has 37 heavy (non-hydrogen) atoms. The first kappa shape index (κ1) is 25.8. The molecule has 0 unspecified atom stereocenters. The number of carbonyl (C=O) groups is 1. The lowest BCUT2D eigenvalue weighted by atomic mass is 10.3. The molecule has 9 nitrogen and oxygen atoms in total. The summed E-state index contributed by atoms with van der Waals surface area (Å²) in [4.78, 5) is 16.6. The molecule has 0 bridgehead atoms. The minimum atomic E-state index is -4.28. The fourth-order valence-electron chi connectivity index (χ4n) is 3.34. The molecule has 0 atom stereocenters. The van der Waals surface area contributed by atoms with Gasteiger partial charge in [-0.05, 0) is 60.7 Å². The third kappa shape index (κ3) is 6.11. The molecule has 190 valence electrons. The molecule has 3 aromatic carbocycles. The van der Waals surface area contributed by atoms with Crippen LogP contribution in [0.25, 0.3) is 0 Å². The summed E-state index contributed by atoms with van der Waals surface area (Å²) in [6.45, 7) is -0.723. The van der Waals surface area contributed by atoms with Crippen LogP contribution in [0.15, 0.2) is 113 Å². The van der Waals surface area contributed by atoms with Crippen molar-refractivity contribution in [3.8, 4) is 0 Å². The predicted octanol–water partition coefficient (Wildman–Crippen LogP) is 3.86. The number of rotatable bonds is 9. The van der Waals surface area contributed by atoms with E-state index < -0.39 is 38.3 Å². The van der Waals surface area contributed by atoms with E-state index in [0.717, 1.165) is 6.07 Å². The molecule has 0 saturated heterocycles. The molecular weight excluding hydrogens is 519 g/mol. The van der Waals surface area contributed by atoms with Crippen LogP contribution in [0.1, 0.15) is 0 Å². The van der Waals surface area contributed by atoms with Crippen LogP contribution < -0.4 is 14.3 Å². The number of anilines is 3. The fraction of sp³-hybridized carbons (Fsp3) is 0.0400. The second-order valence-corrected chi connectivity index (χ2v) is 11.2. The van der Waals surface area contributed by atoms with Crippen molar-refractivity contribution in [3.63, 3.8) is 0 Å². The van der Waals surface area contributed by atoms with Crippen molar-refractivity contribution in [1.29, 1.82) is 0 Å². The van der Waals surface area contributed by atoms with E-state index in [1.165, 1.54) is 79.0 Å². The number of hydrogen-bond donors (Lipinski definition) is 2. The van der Waals surface area contributed by atoms with Crippen LogP contribution in [-0.4, -0.2) is 34.3 Å². The van der Waals surface area contributed by atoms with Crippen molar-refractivity contribution < 1.29 is 26.0 Å². The maximum Gasteiger partial charge on any atom is 0.264 e. The van der Waals surface area contributed by atoms with Gasteiger partial charge in [-0.1, -0.05) is 36.4 Å². The number of halogens is 1. The van der Waals surface area contributed by atoms with E-state index in [1.54, 1.807) is 18.2 Å². The van der Waals surface area contributed by atoms with Gasteiger partial charge < -0.3 is 5.32 Å². The molecule has 0 saturated carbocycles. The fourth-order valence-corrected chi connectivity index (χ4v) is 5.80. The summed E-state index contributed by atoms with van der Waals surface area (Å²) in [5, 5.41) is 2.52. The van der Waals surface area contributed by atoms with Crippen LogP contribution in [-0.2, 0) is 24.8 Å². The SMILES string of the molecule is O=C(CN(c1ccccc1F)S(=O)(=O)c1ccccc1)Nc1ccc(S(=O)(=O)Nc2ccccn2)cc1. The van der Waals surface area contributed by atoms with Crippen LogP contribution in [0.5, 0.6) is 0 Å². The first-order chi connectivity index (χ1) is 17.7. The van der Waals surface area contributed by atoms with E-state index in [0.29, 0.717) is 4.31 Å². The normalized spacial score (nSPS) is 11.5. The Morgan fingerprint density at radius 3 is 2.08 bits per heavy atom. The molecule has 1 heterocycles. The highest BCUT2D eigenvalue weighted by atomic mass is 32.2. The van der Waals surface area contributed by atoms with Crippen molar-refractivity contribution in [2.45, 2.75) is 9.79 Å². The number of para-hydroxylation sites is 1. The van der Waals surface area contributed by atoms with Crippen LogP contribution in [0.3, 0.4) is 0 Å².